The Labute approximate surface area is 163 Å². The fraction of sp³-hybridized carbons (Fsp3) is 0.273. The molecule has 2 aromatic rings. The Morgan fingerprint density at radius 3 is 2.50 bits per heavy atom. The first kappa shape index (κ1) is 19.5. The number of Topliss-reactive ketones (excluding diaryl/α,β-unsaturated/α-hetero) is 1. The minimum atomic E-state index is -0.835. The zero-order valence-corrected chi connectivity index (χ0v) is 16.0. The van der Waals surface area contributed by atoms with Gasteiger partial charge in [0.1, 0.15) is 11.5 Å². The van der Waals surface area contributed by atoms with Crippen LogP contribution in [0.4, 0.5) is 5.69 Å². The van der Waals surface area contributed by atoms with Gasteiger partial charge < -0.3 is 14.9 Å². The lowest BCUT2D eigenvalue weighted by molar-refractivity contribution is -0.118. The van der Waals surface area contributed by atoms with E-state index in [9.17, 15) is 19.8 Å². The number of phenolic OH excluding ortho intramolecular Hbond substituents is 1. The molecule has 1 aliphatic rings. The van der Waals surface area contributed by atoms with E-state index in [-0.39, 0.29) is 29.4 Å². The molecule has 0 radical (unpaired) electrons. The topological polar surface area (TPSA) is 87.1 Å². The second-order valence-electron chi connectivity index (χ2n) is 7.16. The molecule has 1 aliphatic heterocycles. The van der Waals surface area contributed by atoms with E-state index in [4.69, 9.17) is 4.74 Å². The van der Waals surface area contributed by atoms with Crippen LogP contribution < -0.4 is 9.64 Å². The van der Waals surface area contributed by atoms with Crippen molar-refractivity contribution in [1.82, 2.24) is 0 Å². The lowest BCUT2D eigenvalue weighted by Crippen LogP contribution is -2.31. The van der Waals surface area contributed by atoms with Crippen molar-refractivity contribution in [3.63, 3.8) is 0 Å². The van der Waals surface area contributed by atoms with Crippen molar-refractivity contribution in [2.24, 2.45) is 5.92 Å². The first-order valence-electron chi connectivity index (χ1n) is 9.06. The predicted octanol–water partition coefficient (Wildman–Crippen LogP) is 3.92. The van der Waals surface area contributed by atoms with E-state index in [2.05, 4.69) is 0 Å². The van der Waals surface area contributed by atoms with Crippen LogP contribution in [0.3, 0.4) is 0 Å². The fourth-order valence-corrected chi connectivity index (χ4v) is 3.41. The van der Waals surface area contributed by atoms with Crippen LogP contribution in [-0.4, -0.2) is 29.0 Å². The molecule has 28 heavy (non-hydrogen) atoms. The number of aliphatic hydroxyl groups is 1. The molecule has 2 N–H and O–H groups in total. The molecule has 1 unspecified atom stereocenters. The highest BCUT2D eigenvalue weighted by molar-refractivity contribution is 6.16. The third-order valence-corrected chi connectivity index (χ3v) is 4.62. The molecule has 1 heterocycles. The molecule has 0 fully saturated rings. The normalized spacial score (nSPS) is 16.8. The van der Waals surface area contributed by atoms with Gasteiger partial charge in [0, 0.05) is 18.2 Å². The first-order chi connectivity index (χ1) is 13.3. The van der Waals surface area contributed by atoms with Crippen molar-refractivity contribution in [2.45, 2.75) is 26.3 Å². The molecule has 6 heteroatoms. The number of aromatic hydroxyl groups is 1. The van der Waals surface area contributed by atoms with Gasteiger partial charge in [0.05, 0.1) is 18.7 Å². The van der Waals surface area contributed by atoms with Gasteiger partial charge in [0.25, 0.3) is 5.91 Å². The Balaban J connectivity index is 2.16. The van der Waals surface area contributed by atoms with Crippen LogP contribution in [0.1, 0.15) is 31.9 Å². The largest absolute Gasteiger partial charge is 0.508 e. The number of amides is 1. The molecular formula is C22H23NO5. The number of carbonyl (C=O) groups is 2. The summed E-state index contributed by atoms with van der Waals surface area (Å²) < 4.78 is 5.24. The average Bonchev–Trinajstić information content (AvgIpc) is 2.92. The molecule has 3 rings (SSSR count). The summed E-state index contributed by atoms with van der Waals surface area (Å²) in [5.74, 6) is -0.882. The number of hydrogen-bond acceptors (Lipinski definition) is 5. The molecule has 0 saturated carbocycles. The minimum Gasteiger partial charge on any atom is -0.508 e. The van der Waals surface area contributed by atoms with Crippen LogP contribution in [0.15, 0.2) is 59.9 Å². The zero-order valence-electron chi connectivity index (χ0n) is 16.0. The first-order valence-corrected chi connectivity index (χ1v) is 9.06. The highest BCUT2D eigenvalue weighted by Crippen LogP contribution is 2.42. The summed E-state index contributed by atoms with van der Waals surface area (Å²) in [7, 11) is 1.52. The highest BCUT2D eigenvalue weighted by atomic mass is 16.5. The molecule has 0 bridgehead atoms. The van der Waals surface area contributed by atoms with Crippen molar-refractivity contribution >= 4 is 17.4 Å². The van der Waals surface area contributed by atoms with Crippen LogP contribution >= 0.6 is 0 Å². The fourth-order valence-electron chi connectivity index (χ4n) is 3.41. The molecule has 0 saturated heterocycles. The number of carbonyl (C=O) groups excluding carboxylic acids is 2. The number of rotatable bonds is 6. The van der Waals surface area contributed by atoms with Gasteiger partial charge in [0.2, 0.25) is 0 Å². The summed E-state index contributed by atoms with van der Waals surface area (Å²) in [6, 6.07) is 12.4. The number of ether oxygens (including phenoxy) is 1. The van der Waals surface area contributed by atoms with Crippen molar-refractivity contribution in [3.05, 3.63) is 65.4 Å². The van der Waals surface area contributed by atoms with Crippen LogP contribution in [0.2, 0.25) is 0 Å². The minimum absolute atomic E-state index is 0.0117. The Kier molecular flexibility index (Phi) is 5.40. The van der Waals surface area contributed by atoms with Gasteiger partial charge in [-0.15, -0.1) is 0 Å². The lowest BCUT2D eigenvalue weighted by Gasteiger charge is -2.27. The van der Waals surface area contributed by atoms with E-state index in [1.165, 1.54) is 24.1 Å². The SMILES string of the molecule is COc1cccc(N2C(=O)C(O)=C(C(=O)CC(C)C)C2c2cccc(O)c2)c1. The molecular weight excluding hydrogens is 358 g/mol. The second-order valence-corrected chi connectivity index (χ2v) is 7.16. The number of benzene rings is 2. The summed E-state index contributed by atoms with van der Waals surface area (Å²) in [6.07, 6.45) is 0.202. The third-order valence-electron chi connectivity index (χ3n) is 4.62. The van der Waals surface area contributed by atoms with Gasteiger partial charge in [-0.05, 0) is 35.7 Å². The maximum absolute atomic E-state index is 12.9. The van der Waals surface area contributed by atoms with Gasteiger partial charge >= 0.3 is 0 Å². The monoisotopic (exact) mass is 381 g/mol. The van der Waals surface area contributed by atoms with Crippen LogP contribution in [-0.2, 0) is 9.59 Å². The van der Waals surface area contributed by atoms with Crippen LogP contribution in [0.25, 0.3) is 0 Å². The highest BCUT2D eigenvalue weighted by Gasteiger charge is 2.44. The molecule has 0 aromatic heterocycles. The van der Waals surface area contributed by atoms with Gasteiger partial charge in [0.15, 0.2) is 11.5 Å². The third kappa shape index (κ3) is 3.58. The molecule has 2 aromatic carbocycles. The maximum Gasteiger partial charge on any atom is 0.294 e. The van der Waals surface area contributed by atoms with Crippen LogP contribution in [0.5, 0.6) is 11.5 Å². The summed E-state index contributed by atoms with van der Waals surface area (Å²) in [5, 5.41) is 20.5. The zero-order chi connectivity index (χ0) is 20.4. The van der Waals surface area contributed by atoms with E-state index in [0.717, 1.165) is 0 Å². The summed E-state index contributed by atoms with van der Waals surface area (Å²) in [5.41, 5.74) is 1.07. The molecule has 0 aliphatic carbocycles. The maximum atomic E-state index is 12.9. The number of phenols is 1. The quantitative estimate of drug-likeness (QED) is 0.792. The Morgan fingerprint density at radius 1 is 1.14 bits per heavy atom. The Bertz CT molecular complexity index is 947. The van der Waals surface area contributed by atoms with E-state index >= 15 is 0 Å². The second kappa shape index (κ2) is 7.76. The van der Waals surface area contributed by atoms with Crippen molar-refractivity contribution in [2.75, 3.05) is 12.0 Å². The molecule has 0 spiro atoms. The lowest BCUT2D eigenvalue weighted by atomic mass is 9.92. The van der Waals surface area contributed by atoms with Gasteiger partial charge in [-0.1, -0.05) is 32.0 Å². The van der Waals surface area contributed by atoms with Gasteiger partial charge in [-0.25, -0.2) is 0 Å². The molecule has 146 valence electrons. The molecule has 6 nitrogen and oxygen atoms in total. The number of anilines is 1. The standard InChI is InChI=1S/C22H23NO5/c1-13(2)10-18(25)19-20(14-6-4-8-16(24)11-14)23(22(27)21(19)26)15-7-5-9-17(12-15)28-3/h4-9,11-13,20,24,26H,10H2,1-3H3. The van der Waals surface area contributed by atoms with E-state index in [1.54, 1.807) is 36.4 Å². The predicted molar refractivity (Wildman–Crippen MR) is 105 cm³/mol. The van der Waals surface area contributed by atoms with E-state index < -0.39 is 17.7 Å². The van der Waals surface area contributed by atoms with Gasteiger partial charge in [-0.2, -0.15) is 0 Å². The van der Waals surface area contributed by atoms with Gasteiger partial charge in [-0.3, -0.25) is 14.5 Å². The molecule has 1 amide bonds. The number of nitrogens with zero attached hydrogens (tertiary/aromatic N) is 1. The summed E-state index contributed by atoms with van der Waals surface area (Å²) >= 11 is 0. The Hall–Kier alpha value is -3.28. The summed E-state index contributed by atoms with van der Waals surface area (Å²) in [4.78, 5) is 27.2. The van der Waals surface area contributed by atoms with E-state index in [0.29, 0.717) is 17.0 Å². The Morgan fingerprint density at radius 2 is 1.86 bits per heavy atom. The van der Waals surface area contributed by atoms with E-state index in [1.807, 2.05) is 13.8 Å². The van der Waals surface area contributed by atoms with Crippen molar-refractivity contribution in [3.8, 4) is 11.5 Å². The number of ketones is 1. The van der Waals surface area contributed by atoms with Crippen molar-refractivity contribution < 1.29 is 24.5 Å². The smallest absolute Gasteiger partial charge is 0.294 e. The number of hydrogen-bond donors (Lipinski definition) is 2. The summed E-state index contributed by atoms with van der Waals surface area (Å²) in [6.45, 7) is 3.80. The number of methoxy groups -OCH3 is 1. The average molecular weight is 381 g/mol. The number of aliphatic hydroxyl groups excluding tert-OH is 1. The van der Waals surface area contributed by atoms with Crippen LogP contribution in [0, 0.1) is 5.92 Å². The van der Waals surface area contributed by atoms with Crippen molar-refractivity contribution in [1.29, 1.82) is 0 Å². The molecule has 1 atom stereocenters.